The fourth-order valence-corrected chi connectivity index (χ4v) is 3.85. The van der Waals surface area contributed by atoms with Gasteiger partial charge in [0.2, 0.25) is 0 Å². The molecule has 0 spiro atoms. The molecule has 34 heavy (non-hydrogen) atoms. The van der Waals surface area contributed by atoms with Gasteiger partial charge in [-0.3, -0.25) is 9.59 Å². The normalized spacial score (nSPS) is 10.5. The van der Waals surface area contributed by atoms with E-state index in [4.69, 9.17) is 4.74 Å². The van der Waals surface area contributed by atoms with Crippen LogP contribution in [0, 0.1) is 6.92 Å². The minimum Gasteiger partial charge on any atom is -0.496 e. The number of amides is 1. The van der Waals surface area contributed by atoms with Crippen LogP contribution < -0.4 is 10.1 Å². The van der Waals surface area contributed by atoms with Crippen molar-refractivity contribution in [2.45, 2.75) is 26.7 Å². The van der Waals surface area contributed by atoms with E-state index in [0.29, 0.717) is 11.1 Å². The zero-order valence-corrected chi connectivity index (χ0v) is 21.3. The summed E-state index contributed by atoms with van der Waals surface area (Å²) in [5, 5.41) is 3.01. The van der Waals surface area contributed by atoms with Crippen molar-refractivity contribution in [2.24, 2.45) is 0 Å². The lowest BCUT2D eigenvalue weighted by Gasteiger charge is -2.14. The van der Waals surface area contributed by atoms with Crippen LogP contribution in [0.4, 0.5) is 5.69 Å². The number of nitrogens with zero attached hydrogens (tertiary/aromatic N) is 1. The molecule has 0 radical (unpaired) electrons. The fourth-order valence-electron chi connectivity index (χ4n) is 3.85. The van der Waals surface area contributed by atoms with E-state index in [1.165, 1.54) is 0 Å². The number of ether oxygens (including phenoxy) is 1. The number of hydrogen-bond donors (Lipinski definition) is 1. The van der Waals surface area contributed by atoms with Crippen molar-refractivity contribution in [1.82, 2.24) is 4.90 Å². The van der Waals surface area contributed by atoms with Gasteiger partial charge in [0.05, 0.1) is 7.11 Å². The minimum atomic E-state index is -0.149. The lowest BCUT2D eigenvalue weighted by molar-refractivity contribution is 0.101. The topological polar surface area (TPSA) is 58.6 Å². The van der Waals surface area contributed by atoms with Gasteiger partial charge in [-0.1, -0.05) is 30.3 Å². The van der Waals surface area contributed by atoms with Crippen molar-refractivity contribution in [3.63, 3.8) is 0 Å². The third-order valence-electron chi connectivity index (χ3n) is 5.68. The van der Waals surface area contributed by atoms with Crippen molar-refractivity contribution >= 4 is 29.8 Å². The molecule has 0 fully saturated rings. The Kier molecular flexibility index (Phi) is 9.84. The van der Waals surface area contributed by atoms with Gasteiger partial charge in [0, 0.05) is 16.8 Å². The summed E-state index contributed by atoms with van der Waals surface area (Å²) in [4.78, 5) is 26.6. The van der Waals surface area contributed by atoms with Crippen molar-refractivity contribution < 1.29 is 14.3 Å². The molecule has 0 saturated heterocycles. The van der Waals surface area contributed by atoms with Crippen LogP contribution in [0.15, 0.2) is 60.7 Å². The van der Waals surface area contributed by atoms with Gasteiger partial charge in [0.1, 0.15) is 5.75 Å². The van der Waals surface area contributed by atoms with Gasteiger partial charge >= 0.3 is 0 Å². The van der Waals surface area contributed by atoms with Crippen LogP contribution in [0.25, 0.3) is 11.1 Å². The molecule has 1 N–H and O–H groups in total. The molecule has 0 unspecified atom stereocenters. The maximum Gasteiger partial charge on any atom is 0.255 e. The lowest BCUT2D eigenvalue weighted by Crippen LogP contribution is -2.14. The van der Waals surface area contributed by atoms with Gasteiger partial charge in [-0.25, -0.2) is 0 Å². The molecular weight excluding hydrogens is 448 g/mol. The lowest BCUT2D eigenvalue weighted by atomic mass is 9.98. The zero-order valence-electron chi connectivity index (χ0n) is 20.5. The highest BCUT2D eigenvalue weighted by Gasteiger charge is 2.12. The van der Waals surface area contributed by atoms with Gasteiger partial charge in [0.15, 0.2) is 5.78 Å². The molecular formula is C28H33ClN2O3. The number of carbonyl (C=O) groups excluding carboxylic acids is 2. The Morgan fingerprint density at radius 1 is 0.941 bits per heavy atom. The van der Waals surface area contributed by atoms with E-state index < -0.39 is 0 Å². The van der Waals surface area contributed by atoms with Gasteiger partial charge in [-0.2, -0.15) is 0 Å². The second kappa shape index (κ2) is 12.4. The number of nitrogens with one attached hydrogen (secondary N) is 1. The molecule has 0 aliphatic rings. The smallest absolute Gasteiger partial charge is 0.255 e. The van der Waals surface area contributed by atoms with Crippen LogP contribution in [-0.4, -0.2) is 44.3 Å². The number of benzene rings is 3. The molecule has 6 heteroatoms. The summed E-state index contributed by atoms with van der Waals surface area (Å²) in [6.07, 6.45) is 1.83. The first-order valence-corrected chi connectivity index (χ1v) is 11.1. The van der Waals surface area contributed by atoms with E-state index in [2.05, 4.69) is 24.3 Å². The van der Waals surface area contributed by atoms with Crippen LogP contribution in [-0.2, 0) is 6.42 Å². The quantitative estimate of drug-likeness (QED) is 0.379. The minimum absolute atomic E-state index is 0. The summed E-state index contributed by atoms with van der Waals surface area (Å²) < 4.78 is 5.48. The van der Waals surface area contributed by atoms with E-state index in [1.807, 2.05) is 61.5 Å². The predicted molar refractivity (Wildman–Crippen MR) is 142 cm³/mol. The molecule has 180 valence electrons. The molecule has 3 rings (SSSR count). The first-order chi connectivity index (χ1) is 15.8. The van der Waals surface area contributed by atoms with Gasteiger partial charge < -0.3 is 15.0 Å². The van der Waals surface area contributed by atoms with E-state index in [0.717, 1.165) is 53.1 Å². The monoisotopic (exact) mass is 480 g/mol. The molecule has 0 atom stereocenters. The SMILES string of the molecule is COc1ccc(C(=O)Nc2ccc(-c3ccc(C(C)=O)cc3)c(C)c2)cc1CCCN(C)C.Cl. The second-order valence-corrected chi connectivity index (χ2v) is 8.55. The van der Waals surface area contributed by atoms with Crippen molar-refractivity contribution in [1.29, 1.82) is 0 Å². The van der Waals surface area contributed by atoms with Crippen molar-refractivity contribution in [3.05, 3.63) is 82.9 Å². The first kappa shape index (κ1) is 27.1. The number of hydrogen-bond acceptors (Lipinski definition) is 4. The Labute approximate surface area is 208 Å². The molecule has 1 amide bonds. The predicted octanol–water partition coefficient (Wildman–Crippen LogP) is 6.04. The number of anilines is 1. The van der Waals surface area contributed by atoms with Crippen molar-refractivity contribution in [2.75, 3.05) is 33.1 Å². The highest BCUT2D eigenvalue weighted by molar-refractivity contribution is 6.04. The highest BCUT2D eigenvalue weighted by Crippen LogP contribution is 2.27. The summed E-state index contributed by atoms with van der Waals surface area (Å²) in [6, 6.07) is 19.0. The first-order valence-electron chi connectivity index (χ1n) is 11.1. The standard InChI is InChI=1S/C28H32N2O3.ClH/c1-19-17-25(13-14-26(19)22-10-8-21(9-11-22)20(2)31)29-28(32)24-12-15-27(33-5)23(18-24)7-6-16-30(3)4;/h8-15,17-18H,6-7,16H2,1-5H3,(H,29,32);1H. The molecule has 0 saturated carbocycles. The Hall–Kier alpha value is -3.15. The van der Waals surface area contributed by atoms with Gasteiger partial charge in [-0.15, -0.1) is 12.4 Å². The van der Waals surface area contributed by atoms with Crippen molar-refractivity contribution in [3.8, 4) is 16.9 Å². The van der Waals surface area contributed by atoms with Crippen LogP contribution in [0.3, 0.4) is 0 Å². The number of methoxy groups -OCH3 is 1. The fraction of sp³-hybridized carbons (Fsp3) is 0.286. The van der Waals surface area contributed by atoms with Crippen LogP contribution >= 0.6 is 12.4 Å². The largest absolute Gasteiger partial charge is 0.496 e. The summed E-state index contributed by atoms with van der Waals surface area (Å²) in [6.45, 7) is 4.55. The number of halogens is 1. The van der Waals surface area contributed by atoms with E-state index in [1.54, 1.807) is 20.1 Å². The summed E-state index contributed by atoms with van der Waals surface area (Å²) in [5.74, 6) is 0.710. The second-order valence-electron chi connectivity index (χ2n) is 8.55. The summed E-state index contributed by atoms with van der Waals surface area (Å²) >= 11 is 0. The molecule has 3 aromatic rings. The van der Waals surface area contributed by atoms with Crippen LogP contribution in [0.1, 0.15) is 45.2 Å². The Morgan fingerprint density at radius 3 is 2.21 bits per heavy atom. The number of rotatable bonds is 9. The molecule has 0 bridgehead atoms. The summed E-state index contributed by atoms with van der Waals surface area (Å²) in [7, 11) is 5.76. The molecule has 5 nitrogen and oxygen atoms in total. The van der Waals surface area contributed by atoms with Gasteiger partial charge in [0.25, 0.3) is 5.91 Å². The molecule has 3 aromatic carbocycles. The third kappa shape index (κ3) is 6.92. The number of ketones is 1. The Bertz CT molecular complexity index is 1140. The number of aryl methyl sites for hydroxylation is 2. The van der Waals surface area contributed by atoms with E-state index in [-0.39, 0.29) is 24.1 Å². The molecule has 0 aliphatic carbocycles. The average Bonchev–Trinajstić information content (AvgIpc) is 2.79. The third-order valence-corrected chi connectivity index (χ3v) is 5.68. The number of Topliss-reactive ketones (excluding diaryl/α,β-unsaturated/α-hetero) is 1. The molecule has 0 heterocycles. The van der Waals surface area contributed by atoms with Crippen LogP contribution in [0.5, 0.6) is 5.75 Å². The van der Waals surface area contributed by atoms with Crippen LogP contribution in [0.2, 0.25) is 0 Å². The maximum atomic E-state index is 12.9. The number of carbonyl (C=O) groups is 2. The summed E-state index contributed by atoms with van der Waals surface area (Å²) in [5.41, 5.74) is 6.23. The maximum absolute atomic E-state index is 12.9. The Morgan fingerprint density at radius 2 is 1.62 bits per heavy atom. The highest BCUT2D eigenvalue weighted by atomic mass is 35.5. The van der Waals surface area contributed by atoms with Gasteiger partial charge in [-0.05, 0) is 99.9 Å². The van der Waals surface area contributed by atoms with E-state index >= 15 is 0 Å². The molecule has 0 aliphatic heterocycles. The Balaban J connectivity index is 0.00000408. The zero-order chi connectivity index (χ0) is 24.0. The van der Waals surface area contributed by atoms with E-state index in [9.17, 15) is 9.59 Å². The average molecular weight is 481 g/mol. The molecule has 0 aromatic heterocycles.